The van der Waals surface area contributed by atoms with Crippen LogP contribution in [0, 0.1) is 11.3 Å². The summed E-state index contributed by atoms with van der Waals surface area (Å²) in [5.41, 5.74) is -0.214. The fourth-order valence-corrected chi connectivity index (χ4v) is 1.77. The van der Waals surface area contributed by atoms with Gasteiger partial charge >= 0.3 is 0 Å². The van der Waals surface area contributed by atoms with Crippen LogP contribution in [0.25, 0.3) is 0 Å². The standard InChI is InChI=1S/C14H29NO/c1-11(2)9-8-10-14(5,6)13(16)15(7)12(3)4/h11-12H,8-10H2,1-7H3. The maximum atomic E-state index is 12.2. The normalized spacial score (nSPS) is 12.3. The van der Waals surface area contributed by atoms with Crippen molar-refractivity contribution in [2.45, 2.75) is 66.8 Å². The van der Waals surface area contributed by atoms with Crippen LogP contribution in [0.1, 0.15) is 60.8 Å². The molecule has 0 N–H and O–H groups in total. The average Bonchev–Trinajstić information content (AvgIpc) is 2.14. The highest BCUT2D eigenvalue weighted by molar-refractivity contribution is 5.81. The molecule has 0 radical (unpaired) electrons. The van der Waals surface area contributed by atoms with Crippen LogP contribution < -0.4 is 0 Å². The van der Waals surface area contributed by atoms with Gasteiger partial charge in [0.05, 0.1) is 0 Å². The Morgan fingerprint density at radius 1 is 1.19 bits per heavy atom. The third-order valence-corrected chi connectivity index (χ3v) is 3.26. The largest absolute Gasteiger partial charge is 0.343 e. The van der Waals surface area contributed by atoms with Crippen molar-refractivity contribution in [1.29, 1.82) is 0 Å². The van der Waals surface area contributed by atoms with E-state index >= 15 is 0 Å². The van der Waals surface area contributed by atoms with Crippen molar-refractivity contribution in [3.8, 4) is 0 Å². The van der Waals surface area contributed by atoms with E-state index in [-0.39, 0.29) is 17.4 Å². The van der Waals surface area contributed by atoms with Gasteiger partial charge < -0.3 is 4.90 Å². The van der Waals surface area contributed by atoms with E-state index in [1.54, 1.807) is 0 Å². The molecule has 0 atom stereocenters. The summed E-state index contributed by atoms with van der Waals surface area (Å²) in [6.07, 6.45) is 3.34. The van der Waals surface area contributed by atoms with E-state index in [2.05, 4.69) is 41.5 Å². The molecule has 2 nitrogen and oxygen atoms in total. The first-order valence-corrected chi connectivity index (χ1v) is 6.45. The number of rotatable bonds is 6. The van der Waals surface area contributed by atoms with Crippen molar-refractivity contribution < 1.29 is 4.79 Å². The highest BCUT2D eigenvalue weighted by Gasteiger charge is 2.30. The SMILES string of the molecule is CC(C)CCCC(C)(C)C(=O)N(C)C(C)C. The van der Waals surface area contributed by atoms with Crippen molar-refractivity contribution in [3.63, 3.8) is 0 Å². The molecule has 0 spiro atoms. The van der Waals surface area contributed by atoms with E-state index in [9.17, 15) is 4.79 Å². The lowest BCUT2D eigenvalue weighted by atomic mass is 9.84. The molecule has 0 aliphatic heterocycles. The predicted octanol–water partition coefficient (Wildman–Crippen LogP) is 3.71. The zero-order valence-electron chi connectivity index (χ0n) is 12.1. The molecule has 0 aromatic heterocycles. The molecule has 0 aliphatic carbocycles. The third kappa shape index (κ3) is 5.00. The van der Waals surface area contributed by atoms with Gasteiger partial charge in [-0.25, -0.2) is 0 Å². The summed E-state index contributed by atoms with van der Waals surface area (Å²) in [4.78, 5) is 14.1. The van der Waals surface area contributed by atoms with E-state index < -0.39 is 0 Å². The Morgan fingerprint density at radius 2 is 1.69 bits per heavy atom. The molecule has 0 saturated carbocycles. The summed E-state index contributed by atoms with van der Waals surface area (Å²) in [6.45, 7) is 12.7. The summed E-state index contributed by atoms with van der Waals surface area (Å²) in [5, 5.41) is 0. The van der Waals surface area contributed by atoms with Gasteiger partial charge in [0.1, 0.15) is 0 Å². The minimum atomic E-state index is -0.214. The first-order valence-electron chi connectivity index (χ1n) is 6.45. The van der Waals surface area contributed by atoms with Crippen LogP contribution in [-0.4, -0.2) is 23.9 Å². The minimum Gasteiger partial charge on any atom is -0.343 e. The second kappa shape index (κ2) is 6.27. The maximum absolute atomic E-state index is 12.2. The number of carbonyl (C=O) groups is 1. The molecule has 1 amide bonds. The monoisotopic (exact) mass is 227 g/mol. The predicted molar refractivity (Wildman–Crippen MR) is 70.4 cm³/mol. The van der Waals surface area contributed by atoms with Crippen molar-refractivity contribution in [2.75, 3.05) is 7.05 Å². The Morgan fingerprint density at radius 3 is 2.06 bits per heavy atom. The quantitative estimate of drug-likeness (QED) is 0.677. The van der Waals surface area contributed by atoms with Gasteiger partial charge in [-0.15, -0.1) is 0 Å². The van der Waals surface area contributed by atoms with Gasteiger partial charge in [0.15, 0.2) is 0 Å². The Balaban J connectivity index is 4.25. The number of nitrogens with zero attached hydrogens (tertiary/aromatic N) is 1. The lowest BCUT2D eigenvalue weighted by Gasteiger charge is -2.32. The van der Waals surface area contributed by atoms with Gasteiger partial charge in [-0.2, -0.15) is 0 Å². The number of amides is 1. The molecule has 0 bridgehead atoms. The zero-order chi connectivity index (χ0) is 12.9. The first kappa shape index (κ1) is 15.5. The van der Waals surface area contributed by atoms with Gasteiger partial charge in [0.2, 0.25) is 5.91 Å². The smallest absolute Gasteiger partial charge is 0.228 e. The molecule has 0 aromatic carbocycles. The van der Waals surface area contributed by atoms with E-state index in [4.69, 9.17) is 0 Å². The second-order valence-corrected chi connectivity index (χ2v) is 6.18. The summed E-state index contributed by atoms with van der Waals surface area (Å²) >= 11 is 0. The minimum absolute atomic E-state index is 0.214. The molecule has 0 unspecified atom stereocenters. The average molecular weight is 227 g/mol. The van der Waals surface area contributed by atoms with Crippen LogP contribution in [0.2, 0.25) is 0 Å². The summed E-state index contributed by atoms with van der Waals surface area (Å²) in [6, 6.07) is 0.289. The Bertz CT molecular complexity index is 219. The first-order chi connectivity index (χ1) is 7.18. The van der Waals surface area contributed by atoms with E-state index in [1.807, 2.05) is 11.9 Å². The van der Waals surface area contributed by atoms with Crippen LogP contribution in [0.3, 0.4) is 0 Å². The van der Waals surface area contributed by atoms with Gasteiger partial charge in [-0.1, -0.05) is 40.5 Å². The van der Waals surface area contributed by atoms with Crippen LogP contribution in [0.15, 0.2) is 0 Å². The van der Waals surface area contributed by atoms with Gasteiger partial charge in [0, 0.05) is 18.5 Å². The lowest BCUT2D eigenvalue weighted by molar-refractivity contribution is -0.141. The van der Waals surface area contributed by atoms with Gasteiger partial charge in [-0.3, -0.25) is 4.79 Å². The van der Waals surface area contributed by atoms with Crippen LogP contribution in [0.4, 0.5) is 0 Å². The molecule has 2 heteroatoms. The van der Waals surface area contributed by atoms with E-state index in [1.165, 1.54) is 6.42 Å². The molecule has 0 saturated heterocycles. The topological polar surface area (TPSA) is 20.3 Å². The number of hydrogen-bond donors (Lipinski definition) is 0. The lowest BCUT2D eigenvalue weighted by Crippen LogP contribution is -2.42. The van der Waals surface area contributed by atoms with Crippen molar-refractivity contribution in [1.82, 2.24) is 4.90 Å². The summed E-state index contributed by atoms with van der Waals surface area (Å²) in [5.74, 6) is 1.000. The molecule has 0 aliphatic rings. The van der Waals surface area contributed by atoms with E-state index in [0.29, 0.717) is 0 Å². The fraction of sp³-hybridized carbons (Fsp3) is 0.929. The highest BCUT2D eigenvalue weighted by atomic mass is 16.2. The van der Waals surface area contributed by atoms with Crippen LogP contribution in [-0.2, 0) is 4.79 Å². The molecular weight excluding hydrogens is 198 g/mol. The van der Waals surface area contributed by atoms with Crippen molar-refractivity contribution >= 4 is 5.91 Å². The van der Waals surface area contributed by atoms with Crippen molar-refractivity contribution in [2.24, 2.45) is 11.3 Å². The Hall–Kier alpha value is -0.530. The molecule has 0 aromatic rings. The van der Waals surface area contributed by atoms with Gasteiger partial charge in [0.25, 0.3) is 0 Å². The molecule has 0 rings (SSSR count). The fourth-order valence-electron chi connectivity index (χ4n) is 1.77. The van der Waals surface area contributed by atoms with Crippen molar-refractivity contribution in [3.05, 3.63) is 0 Å². The molecule has 0 heterocycles. The van der Waals surface area contributed by atoms with Crippen LogP contribution in [0.5, 0.6) is 0 Å². The van der Waals surface area contributed by atoms with Gasteiger partial charge in [-0.05, 0) is 26.2 Å². The second-order valence-electron chi connectivity index (χ2n) is 6.18. The van der Waals surface area contributed by atoms with E-state index in [0.717, 1.165) is 18.8 Å². The zero-order valence-corrected chi connectivity index (χ0v) is 12.1. The maximum Gasteiger partial charge on any atom is 0.228 e. The molecule has 96 valence electrons. The highest BCUT2D eigenvalue weighted by Crippen LogP contribution is 2.27. The number of carbonyl (C=O) groups excluding carboxylic acids is 1. The summed E-state index contributed by atoms with van der Waals surface area (Å²) < 4.78 is 0. The Kier molecular flexibility index (Phi) is 6.06. The Labute approximate surface area is 101 Å². The summed E-state index contributed by atoms with van der Waals surface area (Å²) in [7, 11) is 1.90. The number of hydrogen-bond acceptors (Lipinski definition) is 1. The third-order valence-electron chi connectivity index (χ3n) is 3.26. The molecular formula is C14H29NO. The van der Waals surface area contributed by atoms with Crippen LogP contribution >= 0.6 is 0 Å². The molecule has 16 heavy (non-hydrogen) atoms. The molecule has 0 fully saturated rings.